The monoisotopic (exact) mass is 556 g/mol. The minimum absolute atomic E-state index is 0.0270. The van der Waals surface area contributed by atoms with Gasteiger partial charge in [0, 0.05) is 18.0 Å². The van der Waals surface area contributed by atoms with E-state index in [-0.39, 0.29) is 23.6 Å². The van der Waals surface area contributed by atoms with Crippen molar-refractivity contribution in [2.45, 2.75) is 49.2 Å². The number of fused-ring (bicyclic) bond motifs is 2. The van der Waals surface area contributed by atoms with Crippen LogP contribution in [0.5, 0.6) is 5.75 Å². The van der Waals surface area contributed by atoms with Crippen LogP contribution in [0.3, 0.4) is 0 Å². The molecule has 13 heteroatoms. The van der Waals surface area contributed by atoms with Crippen molar-refractivity contribution >= 4 is 38.6 Å². The molecule has 2 fully saturated rings. The topological polar surface area (TPSA) is 153 Å². The summed E-state index contributed by atoms with van der Waals surface area (Å²) in [6.07, 6.45) is 3.25. The number of carbonyl (C=O) groups is 3. The number of nitrogens with zero attached hydrogens (tertiary/aromatic N) is 3. The van der Waals surface area contributed by atoms with Gasteiger partial charge in [-0.1, -0.05) is 13.3 Å². The highest BCUT2D eigenvalue weighted by atomic mass is 32.2. The number of hydrogen-bond acceptors (Lipinski definition) is 8. The third-order valence-electron chi connectivity index (χ3n) is 7.14. The van der Waals surface area contributed by atoms with E-state index in [9.17, 15) is 28.0 Å². The van der Waals surface area contributed by atoms with E-state index in [1.54, 1.807) is 24.3 Å². The average Bonchev–Trinajstić information content (AvgIpc) is 3.62. The molecule has 2 saturated heterocycles. The zero-order valence-corrected chi connectivity index (χ0v) is 22.2. The lowest BCUT2D eigenvalue weighted by Gasteiger charge is -2.28. The van der Waals surface area contributed by atoms with E-state index < -0.39 is 52.3 Å². The number of rotatable bonds is 8. The van der Waals surface area contributed by atoms with Gasteiger partial charge in [-0.3, -0.25) is 14.4 Å². The Kier molecular flexibility index (Phi) is 7.03. The van der Waals surface area contributed by atoms with Crippen LogP contribution in [0.2, 0.25) is 0 Å². The molecule has 0 bridgehead atoms. The van der Waals surface area contributed by atoms with Crippen LogP contribution in [0.4, 0.5) is 0 Å². The van der Waals surface area contributed by atoms with E-state index in [0.29, 0.717) is 34.3 Å². The van der Waals surface area contributed by atoms with Crippen molar-refractivity contribution in [2.24, 2.45) is 0 Å². The highest BCUT2D eigenvalue weighted by Crippen LogP contribution is 2.34. The van der Waals surface area contributed by atoms with Crippen molar-refractivity contribution in [3.05, 3.63) is 59.8 Å². The molecule has 0 saturated carbocycles. The smallest absolute Gasteiger partial charge is 0.287 e. The van der Waals surface area contributed by atoms with Gasteiger partial charge in [0.1, 0.15) is 28.3 Å². The van der Waals surface area contributed by atoms with E-state index in [4.69, 9.17) is 9.15 Å². The van der Waals surface area contributed by atoms with Gasteiger partial charge in [0.25, 0.3) is 5.91 Å². The summed E-state index contributed by atoms with van der Waals surface area (Å²) in [5, 5.41) is 15.1. The number of likely N-dealkylation sites (tertiary alicyclic amines) is 1. The number of ether oxygens (including phenoxy) is 1. The van der Waals surface area contributed by atoms with Gasteiger partial charge in [-0.05, 0) is 43.2 Å². The number of carbonyl (C=O) groups excluding carboxylic acids is 3. The summed E-state index contributed by atoms with van der Waals surface area (Å²) < 4.78 is 38.8. The van der Waals surface area contributed by atoms with Crippen LogP contribution >= 0.6 is 0 Å². The van der Waals surface area contributed by atoms with E-state index in [2.05, 4.69) is 5.32 Å². The summed E-state index contributed by atoms with van der Waals surface area (Å²) in [6, 6.07) is 6.63. The maximum absolute atomic E-state index is 13.6. The maximum atomic E-state index is 13.6. The Labute approximate surface area is 224 Å². The molecule has 2 aromatic heterocycles. The van der Waals surface area contributed by atoms with Crippen LogP contribution in [-0.2, 0) is 19.6 Å². The first-order valence-electron chi connectivity index (χ1n) is 12.6. The van der Waals surface area contributed by atoms with Crippen LogP contribution in [0, 0.1) is 5.21 Å². The Morgan fingerprint density at radius 2 is 2.08 bits per heavy atom. The SMILES string of the molecule is CCCC(NC(=O)c1cc2cc(OC)ccc2o1)C(=O)N1CCC2C1C(=O)CN2S(=O)(=O)c1ccc[n+]([O-])c1. The fourth-order valence-corrected chi connectivity index (χ4v) is 6.93. The molecule has 2 amide bonds. The first-order chi connectivity index (χ1) is 18.6. The fraction of sp³-hybridized carbons (Fsp3) is 0.385. The molecule has 4 heterocycles. The Morgan fingerprint density at radius 1 is 1.28 bits per heavy atom. The first kappa shape index (κ1) is 26.6. The molecule has 1 N–H and O–H groups in total. The van der Waals surface area contributed by atoms with Gasteiger partial charge >= 0.3 is 0 Å². The molecule has 206 valence electrons. The number of aromatic nitrogens is 1. The molecule has 2 aliphatic heterocycles. The minimum Gasteiger partial charge on any atom is -0.619 e. The van der Waals surface area contributed by atoms with Gasteiger partial charge in [-0.15, -0.1) is 0 Å². The lowest BCUT2D eigenvalue weighted by molar-refractivity contribution is -0.607. The highest BCUT2D eigenvalue weighted by Gasteiger charge is 2.54. The summed E-state index contributed by atoms with van der Waals surface area (Å²) in [5.74, 6) is -0.813. The maximum Gasteiger partial charge on any atom is 0.287 e. The van der Waals surface area contributed by atoms with Crippen LogP contribution in [0.1, 0.15) is 36.7 Å². The van der Waals surface area contributed by atoms with Crippen LogP contribution < -0.4 is 14.8 Å². The van der Waals surface area contributed by atoms with E-state index in [0.717, 1.165) is 16.7 Å². The molecule has 3 atom stereocenters. The van der Waals surface area contributed by atoms with Crippen LogP contribution in [0.15, 0.2) is 58.1 Å². The first-order valence-corrected chi connectivity index (χ1v) is 14.0. The van der Waals surface area contributed by atoms with E-state index in [1.807, 2.05) is 6.92 Å². The molecular formula is C26H28N4O8S. The number of benzene rings is 1. The van der Waals surface area contributed by atoms with Crippen molar-refractivity contribution < 1.29 is 36.7 Å². The molecule has 0 radical (unpaired) electrons. The van der Waals surface area contributed by atoms with Crippen molar-refractivity contribution in [1.82, 2.24) is 14.5 Å². The number of ketones is 1. The third-order valence-corrected chi connectivity index (χ3v) is 9.00. The number of amides is 2. The zero-order valence-electron chi connectivity index (χ0n) is 21.4. The Morgan fingerprint density at radius 3 is 2.79 bits per heavy atom. The second kappa shape index (κ2) is 10.3. The molecule has 3 unspecified atom stereocenters. The number of pyridine rings is 1. The average molecular weight is 557 g/mol. The Hall–Kier alpha value is -3.97. The predicted molar refractivity (Wildman–Crippen MR) is 137 cm³/mol. The fourth-order valence-electron chi connectivity index (χ4n) is 5.30. The molecule has 3 aromatic rings. The van der Waals surface area contributed by atoms with Crippen molar-refractivity contribution in [1.29, 1.82) is 0 Å². The summed E-state index contributed by atoms with van der Waals surface area (Å²) in [5.41, 5.74) is 0.487. The Bertz CT molecular complexity index is 1550. The lowest BCUT2D eigenvalue weighted by atomic mass is 10.1. The standard InChI is InChI=1S/C26H28N4O8S/c1-3-5-19(27-25(32)23-13-16-12-17(37-2)7-8-22(16)38-23)26(33)29-11-9-20-24(29)21(31)15-30(20)39(35,36)18-6-4-10-28(34)14-18/h4,6-8,10,12-14,19-20,24H,3,5,9,11,15H2,1-2H3,(H,27,32). The lowest BCUT2D eigenvalue weighted by Crippen LogP contribution is -2.52. The van der Waals surface area contributed by atoms with Gasteiger partial charge < -0.3 is 24.6 Å². The van der Waals surface area contributed by atoms with E-state index in [1.165, 1.54) is 24.1 Å². The zero-order chi connectivity index (χ0) is 27.9. The van der Waals surface area contributed by atoms with Crippen LogP contribution in [0.25, 0.3) is 11.0 Å². The van der Waals surface area contributed by atoms with Gasteiger partial charge in [0.05, 0.1) is 19.7 Å². The molecule has 39 heavy (non-hydrogen) atoms. The van der Waals surface area contributed by atoms with Gasteiger partial charge in [0.15, 0.2) is 23.9 Å². The molecule has 2 aliphatic rings. The largest absolute Gasteiger partial charge is 0.619 e. The second-order valence-electron chi connectivity index (χ2n) is 9.58. The van der Waals surface area contributed by atoms with Gasteiger partial charge in [-0.2, -0.15) is 9.04 Å². The summed E-state index contributed by atoms with van der Waals surface area (Å²) in [4.78, 5) is 40.8. The summed E-state index contributed by atoms with van der Waals surface area (Å²) in [7, 11) is -2.60. The quantitative estimate of drug-likeness (QED) is 0.321. The molecule has 12 nitrogen and oxygen atoms in total. The molecule has 0 aliphatic carbocycles. The second-order valence-corrected chi connectivity index (χ2v) is 11.5. The minimum atomic E-state index is -4.14. The normalized spacial score (nSPS) is 20.3. The number of furan rings is 1. The van der Waals surface area contributed by atoms with Gasteiger partial charge in [0.2, 0.25) is 15.9 Å². The molecular weight excluding hydrogens is 528 g/mol. The van der Waals surface area contributed by atoms with Crippen molar-refractivity contribution in [3.63, 3.8) is 0 Å². The summed E-state index contributed by atoms with van der Waals surface area (Å²) >= 11 is 0. The van der Waals surface area contributed by atoms with Crippen molar-refractivity contribution in [2.75, 3.05) is 20.2 Å². The number of methoxy groups -OCH3 is 1. The predicted octanol–water partition coefficient (Wildman–Crippen LogP) is 1.22. The van der Waals surface area contributed by atoms with Crippen molar-refractivity contribution in [3.8, 4) is 5.75 Å². The van der Waals surface area contributed by atoms with Gasteiger partial charge in [-0.25, -0.2) is 8.42 Å². The Balaban J connectivity index is 1.34. The molecule has 1 aromatic carbocycles. The number of hydrogen-bond donors (Lipinski definition) is 1. The summed E-state index contributed by atoms with van der Waals surface area (Å²) in [6.45, 7) is 1.62. The third kappa shape index (κ3) is 4.83. The molecule has 0 spiro atoms. The molecule has 5 rings (SSSR count). The number of Topliss-reactive ketones (excluding diaryl/α,β-unsaturated/α-hetero) is 1. The van der Waals surface area contributed by atoms with Crippen LogP contribution in [-0.4, -0.2) is 73.5 Å². The number of sulfonamides is 1. The van der Waals surface area contributed by atoms with E-state index >= 15 is 0 Å². The highest BCUT2D eigenvalue weighted by molar-refractivity contribution is 7.89. The number of nitrogens with one attached hydrogen (secondary N) is 1.